The summed E-state index contributed by atoms with van der Waals surface area (Å²) in [6.45, 7) is 16.5. The zero-order valence-electron chi connectivity index (χ0n) is 21.7. The van der Waals surface area contributed by atoms with Crippen LogP contribution < -0.4 is 0 Å². The highest BCUT2D eigenvalue weighted by atomic mass is 16.1. The molecule has 0 aromatic heterocycles. The predicted octanol–water partition coefficient (Wildman–Crippen LogP) is 7.72. The molecular formula is C30H46O2. The highest BCUT2D eigenvalue weighted by molar-refractivity contribution is 5.85. The number of fused-ring (bicyclic) bond motifs is 5. The van der Waals surface area contributed by atoms with E-state index in [1.54, 1.807) is 5.57 Å². The lowest BCUT2D eigenvalue weighted by Crippen LogP contribution is -2.57. The van der Waals surface area contributed by atoms with E-state index in [0.29, 0.717) is 34.4 Å². The van der Waals surface area contributed by atoms with Crippen molar-refractivity contribution in [2.75, 3.05) is 0 Å². The van der Waals surface area contributed by atoms with E-state index in [2.05, 4.69) is 53.7 Å². The van der Waals surface area contributed by atoms with Crippen LogP contribution in [0.4, 0.5) is 0 Å². The molecule has 2 heteroatoms. The molecular weight excluding hydrogens is 392 g/mol. The molecule has 0 saturated heterocycles. The van der Waals surface area contributed by atoms with E-state index in [-0.39, 0.29) is 10.8 Å². The Morgan fingerprint density at radius 3 is 2.53 bits per heavy atom. The Morgan fingerprint density at radius 2 is 1.84 bits per heavy atom. The molecule has 0 spiro atoms. The summed E-state index contributed by atoms with van der Waals surface area (Å²) in [6.07, 6.45) is 16.1. The number of ketones is 1. The molecule has 32 heavy (non-hydrogen) atoms. The van der Waals surface area contributed by atoms with Crippen LogP contribution in [0.2, 0.25) is 0 Å². The first-order valence-electron chi connectivity index (χ1n) is 13.3. The van der Waals surface area contributed by atoms with Crippen LogP contribution in [0.25, 0.3) is 0 Å². The van der Waals surface area contributed by atoms with Gasteiger partial charge in [0.1, 0.15) is 12.1 Å². The van der Waals surface area contributed by atoms with Gasteiger partial charge in [0.25, 0.3) is 0 Å². The van der Waals surface area contributed by atoms with Gasteiger partial charge in [-0.2, -0.15) is 0 Å². The quantitative estimate of drug-likeness (QED) is 0.250. The molecule has 3 saturated carbocycles. The summed E-state index contributed by atoms with van der Waals surface area (Å²) in [5.41, 5.74) is 3.37. The topological polar surface area (TPSA) is 34.1 Å². The summed E-state index contributed by atoms with van der Waals surface area (Å²) in [5, 5.41) is 0. The number of Topliss-reactive ketones (excluding diaryl/α,β-unsaturated/α-hetero) is 1. The third kappa shape index (κ3) is 3.25. The Labute approximate surface area is 196 Å². The van der Waals surface area contributed by atoms with Crippen molar-refractivity contribution < 1.29 is 9.59 Å². The minimum absolute atomic E-state index is 0.184. The first-order chi connectivity index (χ1) is 14.9. The van der Waals surface area contributed by atoms with E-state index in [0.717, 1.165) is 43.5 Å². The number of hydrogen-bond acceptors (Lipinski definition) is 2. The molecule has 7 atom stereocenters. The number of allylic oxidation sites excluding steroid dienone is 4. The number of hydrogen-bond donors (Lipinski definition) is 0. The van der Waals surface area contributed by atoms with Crippen LogP contribution in [-0.2, 0) is 9.59 Å². The van der Waals surface area contributed by atoms with E-state index in [1.807, 2.05) is 6.92 Å². The summed E-state index contributed by atoms with van der Waals surface area (Å²) in [4.78, 5) is 23.7. The zero-order valence-corrected chi connectivity index (χ0v) is 21.7. The van der Waals surface area contributed by atoms with Crippen molar-refractivity contribution in [2.45, 2.75) is 106 Å². The van der Waals surface area contributed by atoms with Crippen LogP contribution in [0.3, 0.4) is 0 Å². The van der Waals surface area contributed by atoms with E-state index in [9.17, 15) is 9.59 Å². The first kappa shape index (κ1) is 24.0. The van der Waals surface area contributed by atoms with Gasteiger partial charge >= 0.3 is 0 Å². The van der Waals surface area contributed by atoms with Gasteiger partial charge in [-0.05, 0) is 104 Å². The van der Waals surface area contributed by atoms with Crippen molar-refractivity contribution >= 4 is 12.1 Å². The molecule has 0 aliphatic heterocycles. The van der Waals surface area contributed by atoms with Gasteiger partial charge in [0, 0.05) is 11.8 Å². The van der Waals surface area contributed by atoms with Crippen molar-refractivity contribution in [2.24, 2.45) is 45.3 Å². The van der Waals surface area contributed by atoms with E-state index in [1.165, 1.54) is 32.1 Å². The van der Waals surface area contributed by atoms with Crippen LogP contribution in [-0.4, -0.2) is 12.1 Å². The van der Waals surface area contributed by atoms with Crippen molar-refractivity contribution in [3.8, 4) is 0 Å². The SMILES string of the molecule is C/C(C=O)=C/CC[C@@H](C)C1CC[C@]2(C)C3=CCC4C(C)(C)C(=O)CC[C@]4(C)C3CC[C@@]12C. The lowest BCUT2D eigenvalue weighted by molar-refractivity contribution is -0.146. The molecule has 4 aliphatic rings. The third-order valence-corrected chi connectivity index (χ3v) is 11.6. The fraction of sp³-hybridized carbons (Fsp3) is 0.800. The molecule has 0 aromatic rings. The van der Waals surface area contributed by atoms with E-state index in [4.69, 9.17) is 0 Å². The maximum absolute atomic E-state index is 12.8. The summed E-state index contributed by atoms with van der Waals surface area (Å²) < 4.78 is 0. The second-order valence-electron chi connectivity index (χ2n) is 13.2. The van der Waals surface area contributed by atoms with Crippen LogP contribution in [0.1, 0.15) is 106 Å². The Balaban J connectivity index is 1.61. The molecule has 4 aliphatic carbocycles. The fourth-order valence-electron chi connectivity index (χ4n) is 9.29. The summed E-state index contributed by atoms with van der Waals surface area (Å²) >= 11 is 0. The second-order valence-corrected chi connectivity index (χ2v) is 13.2. The van der Waals surface area contributed by atoms with Crippen molar-refractivity contribution in [3.05, 3.63) is 23.3 Å². The number of carbonyl (C=O) groups is 2. The lowest BCUT2D eigenvalue weighted by atomic mass is 9.41. The van der Waals surface area contributed by atoms with Crippen LogP contribution in [0, 0.1) is 45.3 Å². The largest absolute Gasteiger partial charge is 0.299 e. The molecule has 3 fully saturated rings. The van der Waals surface area contributed by atoms with Gasteiger partial charge in [0.05, 0.1) is 0 Å². The maximum atomic E-state index is 12.8. The number of aldehydes is 1. The van der Waals surface area contributed by atoms with Gasteiger partial charge in [0.15, 0.2) is 0 Å². The fourth-order valence-corrected chi connectivity index (χ4v) is 9.29. The molecule has 0 bridgehead atoms. The van der Waals surface area contributed by atoms with Crippen LogP contribution >= 0.6 is 0 Å². The van der Waals surface area contributed by atoms with Crippen LogP contribution in [0.5, 0.6) is 0 Å². The van der Waals surface area contributed by atoms with Gasteiger partial charge < -0.3 is 0 Å². The normalized spacial score (nSPS) is 44.2. The minimum atomic E-state index is -0.184. The maximum Gasteiger partial charge on any atom is 0.145 e. The van der Waals surface area contributed by atoms with E-state index < -0.39 is 0 Å². The summed E-state index contributed by atoms with van der Waals surface area (Å²) in [7, 11) is 0. The van der Waals surface area contributed by atoms with Gasteiger partial charge in [-0.15, -0.1) is 0 Å². The summed E-state index contributed by atoms with van der Waals surface area (Å²) in [6, 6.07) is 0. The minimum Gasteiger partial charge on any atom is -0.299 e. The van der Waals surface area contributed by atoms with Crippen molar-refractivity contribution in [3.63, 3.8) is 0 Å². The second kappa shape index (κ2) is 7.95. The Kier molecular flexibility index (Phi) is 5.95. The average Bonchev–Trinajstić information content (AvgIpc) is 3.02. The Bertz CT molecular complexity index is 847. The van der Waals surface area contributed by atoms with Crippen LogP contribution in [0.15, 0.2) is 23.3 Å². The Morgan fingerprint density at radius 1 is 1.12 bits per heavy atom. The highest BCUT2D eigenvalue weighted by Gasteiger charge is 2.65. The van der Waals surface area contributed by atoms with E-state index >= 15 is 0 Å². The van der Waals surface area contributed by atoms with Gasteiger partial charge in [-0.1, -0.05) is 59.3 Å². The molecule has 0 radical (unpaired) electrons. The highest BCUT2D eigenvalue weighted by Crippen LogP contribution is 2.73. The monoisotopic (exact) mass is 438 g/mol. The van der Waals surface area contributed by atoms with Gasteiger partial charge in [-0.3, -0.25) is 9.59 Å². The molecule has 0 amide bonds. The summed E-state index contributed by atoms with van der Waals surface area (Å²) in [5.74, 6) is 3.07. The molecule has 0 heterocycles. The molecule has 178 valence electrons. The number of carbonyl (C=O) groups excluding carboxylic acids is 2. The lowest BCUT2D eigenvalue weighted by Gasteiger charge is -2.63. The Hall–Kier alpha value is -1.18. The third-order valence-electron chi connectivity index (χ3n) is 11.6. The first-order valence-corrected chi connectivity index (χ1v) is 13.3. The van der Waals surface area contributed by atoms with Crippen molar-refractivity contribution in [1.82, 2.24) is 0 Å². The molecule has 2 nitrogen and oxygen atoms in total. The average molecular weight is 439 g/mol. The molecule has 4 rings (SSSR count). The van der Waals surface area contributed by atoms with Gasteiger partial charge in [-0.25, -0.2) is 0 Å². The molecule has 0 N–H and O–H groups in total. The smallest absolute Gasteiger partial charge is 0.145 e. The predicted molar refractivity (Wildman–Crippen MR) is 132 cm³/mol. The standard InChI is InChI=1S/C30H46O2/c1-20(19-31)9-8-10-21(2)22-13-17-30(7)24-11-12-25-27(3,4)26(32)15-16-28(25,5)23(24)14-18-29(22,30)6/h9,11,19,21-23,25H,8,10,12-18H2,1-7H3/b20-9-/t21-,22?,23?,25?,28-,29+,30-/m1/s1. The van der Waals surface area contributed by atoms with Crippen molar-refractivity contribution in [1.29, 1.82) is 0 Å². The molecule has 3 unspecified atom stereocenters. The van der Waals surface area contributed by atoms with Gasteiger partial charge in [0.2, 0.25) is 0 Å². The zero-order chi connectivity index (χ0) is 23.5. The number of rotatable bonds is 5. The molecule has 0 aromatic carbocycles.